The van der Waals surface area contributed by atoms with E-state index in [1.807, 2.05) is 85.5 Å². The minimum Gasteiger partial charge on any atom is -0.446 e. The van der Waals surface area contributed by atoms with Crippen LogP contribution in [0.2, 0.25) is 0 Å². The molecule has 2 amide bonds. The Morgan fingerprint density at radius 2 is 1.64 bits per heavy atom. The average Bonchev–Trinajstić information content (AvgIpc) is 3.57. The summed E-state index contributed by atoms with van der Waals surface area (Å²) in [6.07, 6.45) is 2.96. The van der Waals surface area contributed by atoms with Crippen molar-refractivity contribution in [3.63, 3.8) is 0 Å². The highest BCUT2D eigenvalue weighted by atomic mass is 16.6. The van der Waals surface area contributed by atoms with Crippen LogP contribution in [0.15, 0.2) is 66.7 Å². The number of ketones is 1. The van der Waals surface area contributed by atoms with Gasteiger partial charge in [-0.3, -0.25) is 19.8 Å². The maximum atomic E-state index is 12.9. The second-order valence-corrected chi connectivity index (χ2v) is 12.6. The Hall–Kier alpha value is -3.99. The first kappa shape index (κ1) is 34.3. The summed E-state index contributed by atoms with van der Waals surface area (Å²) in [5.74, 6) is 0.349. The van der Waals surface area contributed by atoms with E-state index in [1.165, 1.54) is 0 Å². The van der Waals surface area contributed by atoms with Gasteiger partial charge in [0, 0.05) is 63.6 Å². The molecule has 1 aromatic heterocycles. The smallest absolute Gasteiger partial charge is 0.411 e. The molecule has 0 spiro atoms. The molecule has 3 N–H and O–H groups in total. The first-order chi connectivity index (χ1) is 22.9. The van der Waals surface area contributed by atoms with Crippen molar-refractivity contribution >= 4 is 23.5 Å². The van der Waals surface area contributed by atoms with Crippen LogP contribution < -0.4 is 10.6 Å². The fraction of sp³-hybridized carbons (Fsp3) is 0.486. The number of aromatic nitrogens is 1. The van der Waals surface area contributed by atoms with E-state index in [1.54, 1.807) is 0 Å². The monoisotopic (exact) mass is 642 g/mol. The minimum atomic E-state index is -0.426. The fourth-order valence-electron chi connectivity index (χ4n) is 6.67. The molecule has 2 aliphatic rings. The second-order valence-electron chi connectivity index (χ2n) is 12.6. The molecule has 1 atom stereocenters. The summed E-state index contributed by atoms with van der Waals surface area (Å²) >= 11 is 0. The molecule has 5 rings (SSSR count). The molecular formula is C37H50N6O4. The van der Waals surface area contributed by atoms with E-state index in [4.69, 9.17) is 4.74 Å². The zero-order valence-corrected chi connectivity index (χ0v) is 27.9. The summed E-state index contributed by atoms with van der Waals surface area (Å²) in [6, 6.07) is 21.6. The Balaban J connectivity index is 0.972. The number of likely N-dealkylation sites (tertiary alicyclic amines) is 2. The number of nitrogens with zero attached hydrogens (tertiary/aromatic N) is 3. The van der Waals surface area contributed by atoms with Crippen molar-refractivity contribution in [2.75, 3.05) is 64.2 Å². The molecule has 0 bridgehead atoms. The molecule has 2 fully saturated rings. The third-order valence-electron chi connectivity index (χ3n) is 9.32. The van der Waals surface area contributed by atoms with Crippen molar-refractivity contribution in [3.05, 3.63) is 78.1 Å². The SMILES string of the molecule is CCN(CC)C(=O)[C@@H]1CCCN(Cc2ccc(C(=O)CNCCN3CCC(OC(=O)Nc4ccccc4-c4ccccc4)CC3)[nH]2)C1. The molecule has 3 aromatic rings. The lowest BCUT2D eigenvalue weighted by atomic mass is 9.96. The highest BCUT2D eigenvalue weighted by Crippen LogP contribution is 2.28. The third kappa shape index (κ3) is 9.76. The summed E-state index contributed by atoms with van der Waals surface area (Å²) in [6.45, 7) is 11.5. The number of anilines is 1. The van der Waals surface area contributed by atoms with E-state index in [9.17, 15) is 14.4 Å². The van der Waals surface area contributed by atoms with Crippen molar-refractivity contribution < 1.29 is 19.1 Å². The predicted molar refractivity (Wildman–Crippen MR) is 185 cm³/mol. The molecule has 252 valence electrons. The van der Waals surface area contributed by atoms with Crippen LogP contribution in [-0.2, 0) is 16.1 Å². The van der Waals surface area contributed by atoms with Crippen LogP contribution in [0, 0.1) is 5.92 Å². The number of rotatable bonds is 14. The Morgan fingerprint density at radius 3 is 2.40 bits per heavy atom. The van der Waals surface area contributed by atoms with E-state index in [0.29, 0.717) is 18.8 Å². The average molecular weight is 643 g/mol. The van der Waals surface area contributed by atoms with E-state index in [-0.39, 0.29) is 30.3 Å². The Bertz CT molecular complexity index is 1450. The molecular weight excluding hydrogens is 592 g/mol. The normalized spacial score (nSPS) is 17.7. The number of para-hydroxylation sites is 1. The summed E-state index contributed by atoms with van der Waals surface area (Å²) in [4.78, 5) is 48.3. The number of carbonyl (C=O) groups excluding carboxylic acids is 3. The van der Waals surface area contributed by atoms with Crippen LogP contribution in [0.1, 0.15) is 55.7 Å². The van der Waals surface area contributed by atoms with Gasteiger partial charge in [0.2, 0.25) is 5.91 Å². The summed E-state index contributed by atoms with van der Waals surface area (Å²) in [5.41, 5.74) is 4.35. The number of benzene rings is 2. The van der Waals surface area contributed by atoms with Crippen molar-refractivity contribution in [2.45, 2.75) is 52.2 Å². The van der Waals surface area contributed by atoms with Gasteiger partial charge in [-0.25, -0.2) is 4.79 Å². The first-order valence-electron chi connectivity index (χ1n) is 17.2. The predicted octanol–water partition coefficient (Wildman–Crippen LogP) is 5.25. The van der Waals surface area contributed by atoms with Gasteiger partial charge in [0.25, 0.3) is 0 Å². The van der Waals surface area contributed by atoms with Crippen LogP contribution >= 0.6 is 0 Å². The van der Waals surface area contributed by atoms with Gasteiger partial charge in [-0.1, -0.05) is 48.5 Å². The molecule has 0 aliphatic carbocycles. The fourth-order valence-corrected chi connectivity index (χ4v) is 6.67. The molecule has 10 nitrogen and oxygen atoms in total. The van der Waals surface area contributed by atoms with Gasteiger partial charge in [0.15, 0.2) is 5.78 Å². The number of H-pyrrole nitrogens is 1. The van der Waals surface area contributed by atoms with Gasteiger partial charge >= 0.3 is 6.09 Å². The van der Waals surface area contributed by atoms with Crippen LogP contribution in [0.25, 0.3) is 11.1 Å². The van der Waals surface area contributed by atoms with Crippen LogP contribution in [-0.4, -0.2) is 102 Å². The van der Waals surface area contributed by atoms with Crippen LogP contribution in [0.5, 0.6) is 0 Å². The standard InChI is InChI=1S/C37H50N6O4/c1-3-43(4-2)36(45)29-13-10-21-42(26-29)27-30-16-17-34(39-30)35(44)25-38-20-24-41-22-18-31(19-23-41)47-37(46)40-33-15-9-8-14-32(33)28-11-6-5-7-12-28/h5-9,11-12,14-17,29,31,38-39H,3-4,10,13,18-27H2,1-2H3,(H,40,46)/t29-/m1/s1. The molecule has 0 saturated carbocycles. The topological polar surface area (TPSA) is 110 Å². The van der Waals surface area contributed by atoms with Gasteiger partial charge in [0.05, 0.1) is 23.8 Å². The second kappa shape index (κ2) is 17.2. The van der Waals surface area contributed by atoms with E-state index >= 15 is 0 Å². The van der Waals surface area contributed by atoms with Crippen molar-refractivity contribution in [2.24, 2.45) is 5.92 Å². The first-order valence-corrected chi connectivity index (χ1v) is 17.2. The summed E-state index contributed by atoms with van der Waals surface area (Å²) < 4.78 is 5.76. The quantitative estimate of drug-likeness (QED) is 0.163. The number of Topliss-reactive ketones (excluding diaryl/α,β-unsaturated/α-hetero) is 1. The van der Waals surface area contributed by atoms with Crippen molar-refractivity contribution in [3.8, 4) is 11.1 Å². The molecule has 0 unspecified atom stereocenters. The van der Waals surface area contributed by atoms with Gasteiger partial charge < -0.3 is 24.8 Å². The van der Waals surface area contributed by atoms with Crippen molar-refractivity contribution in [1.29, 1.82) is 0 Å². The van der Waals surface area contributed by atoms with E-state index in [0.717, 1.165) is 94.0 Å². The van der Waals surface area contributed by atoms with Gasteiger partial charge in [-0.15, -0.1) is 0 Å². The zero-order valence-electron chi connectivity index (χ0n) is 27.9. The maximum Gasteiger partial charge on any atom is 0.411 e. The molecule has 10 heteroatoms. The van der Waals surface area contributed by atoms with Gasteiger partial charge in [-0.05, 0) is 69.8 Å². The number of amides is 2. The molecule has 47 heavy (non-hydrogen) atoms. The molecule has 2 aromatic carbocycles. The number of aromatic amines is 1. The van der Waals surface area contributed by atoms with Crippen molar-refractivity contribution in [1.82, 2.24) is 25.0 Å². The number of hydrogen-bond donors (Lipinski definition) is 3. The van der Waals surface area contributed by atoms with E-state index < -0.39 is 6.09 Å². The summed E-state index contributed by atoms with van der Waals surface area (Å²) in [7, 11) is 0. The van der Waals surface area contributed by atoms with Gasteiger partial charge in [-0.2, -0.15) is 0 Å². The minimum absolute atomic E-state index is 0.0384. The lowest BCUT2D eigenvalue weighted by Gasteiger charge is -2.34. The number of piperidine rings is 2. The molecule has 3 heterocycles. The number of hydrogen-bond acceptors (Lipinski definition) is 7. The van der Waals surface area contributed by atoms with E-state index in [2.05, 4.69) is 25.4 Å². The number of carbonyl (C=O) groups is 3. The zero-order chi connectivity index (χ0) is 33.0. The lowest BCUT2D eigenvalue weighted by molar-refractivity contribution is -0.137. The van der Waals surface area contributed by atoms with Gasteiger partial charge in [0.1, 0.15) is 6.10 Å². The summed E-state index contributed by atoms with van der Waals surface area (Å²) in [5, 5.41) is 6.22. The highest BCUT2D eigenvalue weighted by Gasteiger charge is 2.28. The number of ether oxygens (including phenoxy) is 1. The number of nitrogens with one attached hydrogen (secondary N) is 3. The lowest BCUT2D eigenvalue weighted by Crippen LogP contribution is -2.44. The Morgan fingerprint density at radius 1 is 0.894 bits per heavy atom. The third-order valence-corrected chi connectivity index (χ3v) is 9.32. The molecule has 2 saturated heterocycles. The highest BCUT2D eigenvalue weighted by molar-refractivity contribution is 5.96. The Labute approximate surface area is 278 Å². The largest absolute Gasteiger partial charge is 0.446 e. The molecule has 0 radical (unpaired) electrons. The van der Waals surface area contributed by atoms with Crippen LogP contribution in [0.3, 0.4) is 0 Å². The molecule has 2 aliphatic heterocycles. The Kier molecular flexibility index (Phi) is 12.6. The maximum absolute atomic E-state index is 12.9. The van der Waals surface area contributed by atoms with Crippen LogP contribution in [0.4, 0.5) is 10.5 Å².